The second-order valence-electron chi connectivity index (χ2n) is 3.84. The topological polar surface area (TPSA) is 90.7 Å². The van der Waals surface area contributed by atoms with Gasteiger partial charge in [-0.05, 0) is 35.7 Å². The smallest absolute Gasteiger partial charge is 0.339 e. The van der Waals surface area contributed by atoms with Crippen LogP contribution in [0.4, 0.5) is 0 Å². The van der Waals surface area contributed by atoms with Gasteiger partial charge in [0, 0.05) is 22.5 Å². The molecule has 0 spiro atoms. The first-order valence-electron chi connectivity index (χ1n) is 5.60. The number of aromatic hydroxyl groups is 2. The van der Waals surface area contributed by atoms with Crippen molar-refractivity contribution in [1.82, 2.24) is 4.98 Å². The van der Waals surface area contributed by atoms with Crippen molar-refractivity contribution in [2.45, 2.75) is 0 Å². The molecule has 2 heterocycles. The third-order valence-corrected chi connectivity index (χ3v) is 3.36. The molecule has 0 aliphatic heterocycles. The molecular weight excluding hydrogens is 278 g/mol. The number of pyridine rings is 1. The monoisotopic (exact) mass is 289 g/mol. The van der Waals surface area contributed by atoms with Crippen LogP contribution in [0.15, 0.2) is 48.1 Å². The third-order valence-electron chi connectivity index (χ3n) is 2.46. The lowest BCUT2D eigenvalue weighted by Crippen LogP contribution is -1.95. The molecule has 1 aromatic carbocycles. The summed E-state index contributed by atoms with van der Waals surface area (Å²) in [7, 11) is 0. The molecule has 0 saturated carbocycles. The minimum atomic E-state index is -1.27. The van der Waals surface area contributed by atoms with Gasteiger partial charge >= 0.3 is 5.97 Å². The number of carboxylic acid groups (broad SMARTS) is 1. The highest BCUT2D eigenvalue weighted by Crippen LogP contribution is 2.21. The number of hydrogen-bond acceptors (Lipinski definition) is 5. The minimum absolute atomic E-state index is 0.180. The first-order valence-corrected chi connectivity index (χ1v) is 6.48. The summed E-state index contributed by atoms with van der Waals surface area (Å²) >= 11 is 1.75. The molecule has 0 aliphatic carbocycles. The Labute approximate surface area is 118 Å². The van der Waals surface area contributed by atoms with E-state index in [9.17, 15) is 4.79 Å². The molecule has 5 nitrogen and oxygen atoms in total. The number of aromatic carboxylic acids is 1. The molecule has 0 atom stereocenters. The highest BCUT2D eigenvalue weighted by atomic mass is 32.1. The highest BCUT2D eigenvalue weighted by molar-refractivity contribution is 7.17. The zero-order chi connectivity index (χ0) is 14.5. The fraction of sp³-hybridized carbons (Fsp3) is 0. The van der Waals surface area contributed by atoms with Gasteiger partial charge in [-0.3, -0.25) is 4.98 Å². The summed E-state index contributed by atoms with van der Waals surface area (Å²) in [6, 6.07) is 7.42. The largest absolute Gasteiger partial charge is 0.508 e. The standard InChI is InChI=1S/C7H5NS.C7H6O4/c1-3-8-5-6-2-4-9-7(1)6;8-4-1-2-6(9)5(3-4)7(10)11/h1-5H;1-3,8-9H,(H,10,11). The first kappa shape index (κ1) is 13.8. The fourth-order valence-corrected chi connectivity index (χ4v) is 2.26. The van der Waals surface area contributed by atoms with Gasteiger partial charge in [0.25, 0.3) is 0 Å². The lowest BCUT2D eigenvalue weighted by Gasteiger charge is -1.98. The van der Waals surface area contributed by atoms with Crippen molar-refractivity contribution in [3.8, 4) is 11.5 Å². The number of aromatic nitrogens is 1. The number of phenolic OH excluding ortho intramolecular Hbond substituents is 1. The molecule has 0 aliphatic rings. The van der Waals surface area contributed by atoms with Crippen LogP contribution in [-0.2, 0) is 0 Å². The molecule has 0 amide bonds. The summed E-state index contributed by atoms with van der Waals surface area (Å²) in [6.45, 7) is 0. The number of carbonyl (C=O) groups is 1. The van der Waals surface area contributed by atoms with Gasteiger partial charge in [-0.25, -0.2) is 4.79 Å². The van der Waals surface area contributed by atoms with Crippen LogP contribution in [0.3, 0.4) is 0 Å². The Morgan fingerprint density at radius 1 is 1.15 bits per heavy atom. The van der Waals surface area contributed by atoms with E-state index in [1.807, 2.05) is 18.5 Å². The van der Waals surface area contributed by atoms with Crippen LogP contribution >= 0.6 is 11.3 Å². The van der Waals surface area contributed by atoms with E-state index < -0.39 is 5.97 Å². The van der Waals surface area contributed by atoms with Crippen LogP contribution in [0, 0.1) is 0 Å². The number of benzene rings is 1. The quantitative estimate of drug-likeness (QED) is 0.599. The summed E-state index contributed by atoms with van der Waals surface area (Å²) in [6.07, 6.45) is 3.70. The molecule has 0 radical (unpaired) electrons. The van der Waals surface area contributed by atoms with Crippen molar-refractivity contribution in [1.29, 1.82) is 0 Å². The van der Waals surface area contributed by atoms with E-state index in [-0.39, 0.29) is 17.1 Å². The van der Waals surface area contributed by atoms with Gasteiger partial charge in [0.1, 0.15) is 17.1 Å². The van der Waals surface area contributed by atoms with Crippen molar-refractivity contribution in [2.24, 2.45) is 0 Å². The Hall–Kier alpha value is -2.60. The lowest BCUT2D eigenvalue weighted by atomic mass is 10.2. The number of carboxylic acids is 1. The summed E-state index contributed by atoms with van der Waals surface area (Å²) in [5.41, 5.74) is -0.301. The predicted molar refractivity (Wildman–Crippen MR) is 76.4 cm³/mol. The fourth-order valence-electron chi connectivity index (χ4n) is 1.50. The maximum absolute atomic E-state index is 10.3. The first-order chi connectivity index (χ1) is 9.58. The molecule has 3 aromatic rings. The molecule has 0 saturated heterocycles. The molecule has 3 N–H and O–H groups in total. The van der Waals surface area contributed by atoms with Crippen LogP contribution in [-0.4, -0.2) is 26.3 Å². The Morgan fingerprint density at radius 3 is 2.60 bits per heavy atom. The van der Waals surface area contributed by atoms with E-state index in [4.69, 9.17) is 15.3 Å². The zero-order valence-corrected chi connectivity index (χ0v) is 11.0. The molecule has 0 unspecified atom stereocenters. The summed E-state index contributed by atoms with van der Waals surface area (Å²) < 4.78 is 1.31. The molecule has 102 valence electrons. The minimum Gasteiger partial charge on any atom is -0.508 e. The molecule has 20 heavy (non-hydrogen) atoms. The van der Waals surface area contributed by atoms with Crippen molar-refractivity contribution >= 4 is 27.4 Å². The van der Waals surface area contributed by atoms with Gasteiger partial charge in [0.2, 0.25) is 0 Å². The molecule has 0 bridgehead atoms. The second-order valence-corrected chi connectivity index (χ2v) is 4.79. The number of nitrogens with zero attached hydrogens (tertiary/aromatic N) is 1. The second kappa shape index (κ2) is 6.03. The third kappa shape index (κ3) is 3.24. The maximum Gasteiger partial charge on any atom is 0.339 e. The van der Waals surface area contributed by atoms with E-state index >= 15 is 0 Å². The van der Waals surface area contributed by atoms with Gasteiger partial charge in [-0.15, -0.1) is 11.3 Å². The molecular formula is C14H11NO4S. The SMILES string of the molecule is O=C(O)c1cc(O)ccc1O.c1cc2sccc2cn1. The van der Waals surface area contributed by atoms with E-state index in [0.29, 0.717) is 0 Å². The van der Waals surface area contributed by atoms with Crippen LogP contribution in [0.2, 0.25) is 0 Å². The van der Waals surface area contributed by atoms with Gasteiger partial charge in [0.15, 0.2) is 0 Å². The van der Waals surface area contributed by atoms with Crippen LogP contribution in [0.1, 0.15) is 10.4 Å². The zero-order valence-electron chi connectivity index (χ0n) is 10.2. The summed E-state index contributed by atoms with van der Waals surface area (Å²) in [5.74, 6) is -1.80. The molecule has 3 rings (SSSR count). The van der Waals surface area contributed by atoms with Crippen molar-refractivity contribution in [3.63, 3.8) is 0 Å². The summed E-state index contributed by atoms with van der Waals surface area (Å²) in [5, 5.41) is 29.5. The molecule has 2 aromatic heterocycles. The van der Waals surface area contributed by atoms with Crippen molar-refractivity contribution < 1.29 is 20.1 Å². The average Bonchev–Trinajstić information content (AvgIpc) is 2.90. The number of fused-ring (bicyclic) bond motifs is 1. The normalized spacial score (nSPS) is 9.80. The van der Waals surface area contributed by atoms with Crippen LogP contribution in [0.5, 0.6) is 11.5 Å². The number of phenols is 2. The Morgan fingerprint density at radius 2 is 1.95 bits per heavy atom. The van der Waals surface area contributed by atoms with E-state index in [0.717, 1.165) is 12.1 Å². The number of rotatable bonds is 1. The van der Waals surface area contributed by atoms with E-state index in [2.05, 4.69) is 16.4 Å². The van der Waals surface area contributed by atoms with Gasteiger partial charge in [-0.1, -0.05) is 0 Å². The summed E-state index contributed by atoms with van der Waals surface area (Å²) in [4.78, 5) is 14.3. The maximum atomic E-state index is 10.3. The lowest BCUT2D eigenvalue weighted by molar-refractivity contribution is 0.0693. The van der Waals surface area contributed by atoms with Gasteiger partial charge in [0.05, 0.1) is 0 Å². The predicted octanol–water partition coefficient (Wildman–Crippen LogP) is 3.09. The highest BCUT2D eigenvalue weighted by Gasteiger charge is 2.08. The number of hydrogen-bond donors (Lipinski definition) is 3. The Kier molecular flexibility index (Phi) is 4.17. The van der Waals surface area contributed by atoms with Crippen molar-refractivity contribution in [2.75, 3.05) is 0 Å². The molecule has 0 fully saturated rings. The van der Waals surface area contributed by atoms with Crippen LogP contribution in [0.25, 0.3) is 10.1 Å². The van der Waals surface area contributed by atoms with E-state index in [1.54, 1.807) is 11.3 Å². The van der Waals surface area contributed by atoms with E-state index in [1.165, 1.54) is 16.2 Å². The van der Waals surface area contributed by atoms with Gasteiger partial charge < -0.3 is 15.3 Å². The molecule has 6 heteroatoms. The van der Waals surface area contributed by atoms with Gasteiger partial charge in [-0.2, -0.15) is 0 Å². The Bertz CT molecular complexity index is 709. The van der Waals surface area contributed by atoms with Crippen molar-refractivity contribution in [3.05, 3.63) is 53.7 Å². The van der Waals surface area contributed by atoms with Crippen LogP contribution < -0.4 is 0 Å². The number of thiophene rings is 1. The average molecular weight is 289 g/mol. The Balaban J connectivity index is 0.000000149.